The Kier molecular flexibility index (Phi) is 3.89. The van der Waals surface area contributed by atoms with Crippen LogP contribution >= 0.6 is 27.3 Å². The second kappa shape index (κ2) is 5.81. The highest BCUT2D eigenvalue weighted by Gasteiger charge is 2.08. The zero-order valence-electron chi connectivity index (χ0n) is 10.9. The standard InChI is InChI=1S/C15H14BrN3S/c1-10(14-6-7-15(16)20-14)19-12-4-2-11(3-5-12)13-8-17-9-18-13/h2-10,19H,1H3,(H,17,18). The SMILES string of the molecule is CC(Nc1ccc(-c2cnc[nH]2)cc1)c1ccc(Br)s1. The van der Waals surface area contributed by atoms with Gasteiger partial charge in [-0.1, -0.05) is 12.1 Å². The number of nitrogens with one attached hydrogen (secondary N) is 2. The van der Waals surface area contributed by atoms with E-state index < -0.39 is 0 Å². The van der Waals surface area contributed by atoms with Crippen molar-refractivity contribution >= 4 is 33.0 Å². The van der Waals surface area contributed by atoms with E-state index in [1.807, 2.05) is 6.20 Å². The molecule has 0 aliphatic rings. The third kappa shape index (κ3) is 2.94. The van der Waals surface area contributed by atoms with Crippen molar-refractivity contribution in [2.75, 3.05) is 5.32 Å². The van der Waals surface area contributed by atoms with Crippen LogP contribution in [0.15, 0.2) is 52.7 Å². The molecule has 0 bridgehead atoms. The molecular weight excluding hydrogens is 334 g/mol. The number of imidazole rings is 1. The van der Waals surface area contributed by atoms with Crippen LogP contribution in [0.1, 0.15) is 17.8 Å². The van der Waals surface area contributed by atoms with Crippen LogP contribution in [0.2, 0.25) is 0 Å². The number of thiophene rings is 1. The topological polar surface area (TPSA) is 40.7 Å². The summed E-state index contributed by atoms with van der Waals surface area (Å²) in [7, 11) is 0. The Morgan fingerprint density at radius 1 is 1.20 bits per heavy atom. The summed E-state index contributed by atoms with van der Waals surface area (Å²) < 4.78 is 1.16. The van der Waals surface area contributed by atoms with Gasteiger partial charge in [-0.3, -0.25) is 0 Å². The molecule has 2 N–H and O–H groups in total. The van der Waals surface area contributed by atoms with Gasteiger partial charge in [-0.05, 0) is 52.7 Å². The summed E-state index contributed by atoms with van der Waals surface area (Å²) >= 11 is 5.26. The average molecular weight is 348 g/mol. The lowest BCUT2D eigenvalue weighted by molar-refractivity contribution is 0.908. The number of hydrogen-bond acceptors (Lipinski definition) is 3. The summed E-state index contributed by atoms with van der Waals surface area (Å²) in [6, 6.07) is 12.9. The molecule has 0 spiro atoms. The number of aromatic nitrogens is 2. The quantitative estimate of drug-likeness (QED) is 0.691. The van der Waals surface area contributed by atoms with Gasteiger partial charge < -0.3 is 10.3 Å². The summed E-state index contributed by atoms with van der Waals surface area (Å²) in [5.41, 5.74) is 3.29. The molecule has 20 heavy (non-hydrogen) atoms. The summed E-state index contributed by atoms with van der Waals surface area (Å²) in [5.74, 6) is 0. The first kappa shape index (κ1) is 13.4. The molecule has 1 unspecified atom stereocenters. The van der Waals surface area contributed by atoms with E-state index in [0.717, 1.165) is 20.7 Å². The fourth-order valence-electron chi connectivity index (χ4n) is 2.04. The minimum atomic E-state index is 0.296. The molecule has 2 aromatic heterocycles. The van der Waals surface area contributed by atoms with Crippen LogP contribution < -0.4 is 5.32 Å². The van der Waals surface area contributed by atoms with Crippen LogP contribution in [0.25, 0.3) is 11.3 Å². The Bertz CT molecular complexity index is 673. The van der Waals surface area contributed by atoms with Gasteiger partial charge in [-0.2, -0.15) is 0 Å². The Morgan fingerprint density at radius 2 is 2.00 bits per heavy atom. The van der Waals surface area contributed by atoms with Gasteiger partial charge in [-0.25, -0.2) is 4.98 Å². The first-order chi connectivity index (χ1) is 9.72. The van der Waals surface area contributed by atoms with Gasteiger partial charge in [0.1, 0.15) is 0 Å². The molecule has 0 fully saturated rings. The van der Waals surface area contributed by atoms with Crippen LogP contribution in [-0.2, 0) is 0 Å². The van der Waals surface area contributed by atoms with Crippen molar-refractivity contribution in [3.8, 4) is 11.3 Å². The third-order valence-corrected chi connectivity index (χ3v) is 4.90. The maximum Gasteiger partial charge on any atom is 0.0924 e. The fraction of sp³-hybridized carbons (Fsp3) is 0.133. The van der Waals surface area contributed by atoms with E-state index in [1.165, 1.54) is 4.88 Å². The van der Waals surface area contributed by atoms with Crippen molar-refractivity contribution in [3.63, 3.8) is 0 Å². The lowest BCUT2D eigenvalue weighted by Gasteiger charge is -2.14. The summed E-state index contributed by atoms with van der Waals surface area (Å²) in [4.78, 5) is 8.46. The molecule has 1 aromatic carbocycles. The van der Waals surface area contributed by atoms with Gasteiger partial charge in [0.15, 0.2) is 0 Å². The van der Waals surface area contributed by atoms with Gasteiger partial charge in [0.05, 0.1) is 28.0 Å². The Balaban J connectivity index is 1.72. The Hall–Kier alpha value is -1.59. The van der Waals surface area contributed by atoms with Crippen molar-refractivity contribution in [1.29, 1.82) is 0 Å². The highest BCUT2D eigenvalue weighted by atomic mass is 79.9. The third-order valence-electron chi connectivity index (χ3n) is 3.10. The number of halogens is 1. The molecule has 0 aliphatic heterocycles. The Labute approximate surface area is 130 Å². The van der Waals surface area contributed by atoms with E-state index in [0.29, 0.717) is 6.04 Å². The lowest BCUT2D eigenvalue weighted by atomic mass is 10.1. The molecule has 5 heteroatoms. The second-order valence-corrected chi connectivity index (χ2v) is 7.05. The summed E-state index contributed by atoms with van der Waals surface area (Å²) in [5, 5.41) is 3.51. The molecule has 0 saturated heterocycles. The number of rotatable bonds is 4. The number of benzene rings is 1. The van der Waals surface area contributed by atoms with E-state index in [4.69, 9.17) is 0 Å². The number of aromatic amines is 1. The highest BCUT2D eigenvalue weighted by Crippen LogP contribution is 2.29. The van der Waals surface area contributed by atoms with Crippen LogP contribution in [0.5, 0.6) is 0 Å². The molecule has 0 amide bonds. The summed E-state index contributed by atoms with van der Waals surface area (Å²) in [6.45, 7) is 2.17. The molecular formula is C15H14BrN3S. The predicted molar refractivity (Wildman–Crippen MR) is 88.1 cm³/mol. The van der Waals surface area contributed by atoms with Crippen molar-refractivity contribution in [3.05, 3.63) is 57.6 Å². The van der Waals surface area contributed by atoms with E-state index >= 15 is 0 Å². The van der Waals surface area contributed by atoms with Gasteiger partial charge in [-0.15, -0.1) is 11.3 Å². The maximum absolute atomic E-state index is 4.04. The number of H-pyrrole nitrogens is 1. The van der Waals surface area contributed by atoms with Gasteiger partial charge >= 0.3 is 0 Å². The molecule has 2 heterocycles. The zero-order chi connectivity index (χ0) is 13.9. The largest absolute Gasteiger partial charge is 0.378 e. The van der Waals surface area contributed by atoms with Gasteiger partial charge in [0, 0.05) is 10.6 Å². The number of nitrogens with zero attached hydrogens (tertiary/aromatic N) is 1. The smallest absolute Gasteiger partial charge is 0.0924 e. The van der Waals surface area contributed by atoms with Crippen LogP contribution in [0.4, 0.5) is 5.69 Å². The molecule has 102 valence electrons. The second-order valence-electron chi connectivity index (χ2n) is 4.55. The lowest BCUT2D eigenvalue weighted by Crippen LogP contribution is -2.04. The first-order valence-electron chi connectivity index (χ1n) is 6.33. The minimum absolute atomic E-state index is 0.296. The molecule has 0 saturated carbocycles. The molecule has 1 atom stereocenters. The van der Waals surface area contributed by atoms with E-state index in [1.54, 1.807) is 17.7 Å². The predicted octanol–water partition coefficient (Wildman–Crippen LogP) is 5.07. The monoisotopic (exact) mass is 347 g/mol. The zero-order valence-corrected chi connectivity index (χ0v) is 13.3. The van der Waals surface area contributed by atoms with E-state index in [9.17, 15) is 0 Å². The van der Waals surface area contributed by atoms with E-state index in [-0.39, 0.29) is 0 Å². The summed E-state index contributed by atoms with van der Waals surface area (Å²) in [6.07, 6.45) is 3.52. The van der Waals surface area contributed by atoms with Crippen molar-refractivity contribution in [1.82, 2.24) is 9.97 Å². The Morgan fingerprint density at radius 3 is 2.60 bits per heavy atom. The average Bonchev–Trinajstić information content (AvgIpc) is 3.10. The normalized spacial score (nSPS) is 12.3. The maximum atomic E-state index is 4.04. The van der Waals surface area contributed by atoms with E-state index in [2.05, 4.69) is 74.5 Å². The molecule has 3 rings (SSSR count). The van der Waals surface area contributed by atoms with Gasteiger partial charge in [0.2, 0.25) is 0 Å². The highest BCUT2D eigenvalue weighted by molar-refractivity contribution is 9.11. The van der Waals surface area contributed by atoms with Crippen LogP contribution in [0, 0.1) is 0 Å². The van der Waals surface area contributed by atoms with Crippen molar-refractivity contribution in [2.45, 2.75) is 13.0 Å². The minimum Gasteiger partial charge on any atom is -0.378 e. The van der Waals surface area contributed by atoms with Crippen molar-refractivity contribution in [2.24, 2.45) is 0 Å². The first-order valence-corrected chi connectivity index (χ1v) is 7.94. The van der Waals surface area contributed by atoms with Gasteiger partial charge in [0.25, 0.3) is 0 Å². The van der Waals surface area contributed by atoms with Crippen LogP contribution in [-0.4, -0.2) is 9.97 Å². The molecule has 3 nitrogen and oxygen atoms in total. The molecule has 0 radical (unpaired) electrons. The van der Waals surface area contributed by atoms with Crippen molar-refractivity contribution < 1.29 is 0 Å². The van der Waals surface area contributed by atoms with Crippen LogP contribution in [0.3, 0.4) is 0 Å². The number of hydrogen-bond donors (Lipinski definition) is 2. The fourth-order valence-corrected chi connectivity index (χ4v) is 3.47. The molecule has 0 aliphatic carbocycles. The molecule has 3 aromatic rings. The number of anilines is 1.